The normalized spacial score (nSPS) is 14.7. The molecule has 112 valence electrons. The molecule has 2 aromatic rings. The molecule has 0 unspecified atom stereocenters. The van der Waals surface area contributed by atoms with Gasteiger partial charge in [0.2, 0.25) is 0 Å². The molecular weight excluding hydrogens is 280 g/mol. The van der Waals surface area contributed by atoms with Gasteiger partial charge >= 0.3 is 0 Å². The highest BCUT2D eigenvalue weighted by Crippen LogP contribution is 2.34. The van der Waals surface area contributed by atoms with Crippen LogP contribution < -0.4 is 11.1 Å². The van der Waals surface area contributed by atoms with E-state index >= 15 is 0 Å². The molecule has 0 saturated heterocycles. The number of hydrogen-bond donors (Lipinski definition) is 2. The molecule has 0 amide bonds. The van der Waals surface area contributed by atoms with Crippen LogP contribution in [0.15, 0.2) is 48.5 Å². The summed E-state index contributed by atoms with van der Waals surface area (Å²) in [5.41, 5.74) is 10.5. The second-order valence-corrected chi connectivity index (χ2v) is 5.63. The van der Waals surface area contributed by atoms with Crippen LogP contribution >= 0.6 is 12.4 Å². The molecule has 1 saturated carbocycles. The number of nitrogens with one attached hydrogen (secondary N) is 1. The van der Waals surface area contributed by atoms with Crippen molar-refractivity contribution < 1.29 is 0 Å². The van der Waals surface area contributed by atoms with E-state index in [9.17, 15) is 0 Å². The highest BCUT2D eigenvalue weighted by molar-refractivity contribution is 5.85. The zero-order valence-corrected chi connectivity index (χ0v) is 13.0. The summed E-state index contributed by atoms with van der Waals surface area (Å²) in [5, 5.41) is 3.43. The molecule has 1 aliphatic rings. The van der Waals surface area contributed by atoms with Gasteiger partial charge in [0, 0.05) is 17.9 Å². The fourth-order valence-corrected chi connectivity index (χ4v) is 2.99. The van der Waals surface area contributed by atoms with E-state index in [4.69, 9.17) is 5.73 Å². The number of rotatable bonds is 4. The first-order chi connectivity index (χ1) is 9.85. The lowest BCUT2D eigenvalue weighted by Gasteiger charge is -2.11. The van der Waals surface area contributed by atoms with Crippen LogP contribution in [-0.2, 0) is 6.54 Å². The van der Waals surface area contributed by atoms with Crippen LogP contribution in [0.4, 0.5) is 11.4 Å². The van der Waals surface area contributed by atoms with Crippen molar-refractivity contribution in [2.45, 2.75) is 38.1 Å². The molecule has 0 spiro atoms. The molecule has 3 rings (SSSR count). The summed E-state index contributed by atoms with van der Waals surface area (Å²) < 4.78 is 0. The lowest BCUT2D eigenvalue weighted by Crippen LogP contribution is -1.97. The monoisotopic (exact) mass is 302 g/mol. The van der Waals surface area contributed by atoms with Gasteiger partial charge in [-0.2, -0.15) is 0 Å². The second kappa shape index (κ2) is 7.48. The Kier molecular flexibility index (Phi) is 5.66. The molecule has 3 heteroatoms. The van der Waals surface area contributed by atoms with Crippen LogP contribution in [0.1, 0.15) is 42.7 Å². The fourth-order valence-electron chi connectivity index (χ4n) is 2.99. The van der Waals surface area contributed by atoms with Crippen molar-refractivity contribution in [1.29, 1.82) is 0 Å². The van der Waals surface area contributed by atoms with Crippen LogP contribution in [0, 0.1) is 0 Å². The van der Waals surface area contributed by atoms with Gasteiger partial charge in [-0.25, -0.2) is 0 Å². The van der Waals surface area contributed by atoms with Crippen LogP contribution in [-0.4, -0.2) is 0 Å². The Labute approximate surface area is 133 Å². The minimum absolute atomic E-state index is 0. The van der Waals surface area contributed by atoms with Crippen LogP contribution in [0.5, 0.6) is 0 Å². The Bertz CT molecular complexity index is 542. The topological polar surface area (TPSA) is 38.0 Å². The lowest BCUT2D eigenvalue weighted by atomic mass is 9.97. The largest absolute Gasteiger partial charge is 0.356 e. The smallest absolute Gasteiger partial charge is 0.0384 e. The van der Waals surface area contributed by atoms with E-state index in [0.29, 0.717) is 6.54 Å². The minimum Gasteiger partial charge on any atom is -0.356 e. The van der Waals surface area contributed by atoms with Gasteiger partial charge in [-0.3, -0.25) is 0 Å². The number of halogens is 1. The third-order valence-electron chi connectivity index (χ3n) is 4.22. The van der Waals surface area contributed by atoms with E-state index in [1.165, 1.54) is 31.2 Å². The average molecular weight is 303 g/mol. The van der Waals surface area contributed by atoms with Crippen molar-refractivity contribution in [3.05, 3.63) is 59.7 Å². The highest BCUT2D eigenvalue weighted by Gasteiger charge is 2.16. The maximum Gasteiger partial charge on any atom is 0.0384 e. The van der Waals surface area contributed by atoms with E-state index < -0.39 is 0 Å². The third-order valence-corrected chi connectivity index (χ3v) is 4.22. The number of nitrogens with two attached hydrogens (primary N) is 1. The van der Waals surface area contributed by atoms with Gasteiger partial charge in [0.15, 0.2) is 0 Å². The summed E-state index contributed by atoms with van der Waals surface area (Å²) in [6, 6.07) is 17.2. The van der Waals surface area contributed by atoms with Crippen molar-refractivity contribution in [3.63, 3.8) is 0 Å². The van der Waals surface area contributed by atoms with Crippen LogP contribution in [0.3, 0.4) is 0 Å². The Hall–Kier alpha value is -1.51. The lowest BCUT2D eigenvalue weighted by molar-refractivity contribution is 0.723. The average Bonchev–Trinajstić information content (AvgIpc) is 3.03. The molecular formula is C18H23ClN2. The molecule has 0 aromatic heterocycles. The summed E-state index contributed by atoms with van der Waals surface area (Å²) in [5.74, 6) is 0.785. The number of hydrogen-bond acceptors (Lipinski definition) is 2. The van der Waals surface area contributed by atoms with Crippen LogP contribution in [0.25, 0.3) is 0 Å². The van der Waals surface area contributed by atoms with Gasteiger partial charge in [0.25, 0.3) is 0 Å². The van der Waals surface area contributed by atoms with E-state index in [-0.39, 0.29) is 12.4 Å². The zero-order chi connectivity index (χ0) is 13.8. The van der Waals surface area contributed by atoms with Crippen molar-refractivity contribution in [2.24, 2.45) is 5.73 Å². The van der Waals surface area contributed by atoms with Gasteiger partial charge < -0.3 is 11.1 Å². The Morgan fingerprint density at radius 3 is 1.90 bits per heavy atom. The molecule has 0 aliphatic heterocycles. The summed E-state index contributed by atoms with van der Waals surface area (Å²) in [6.07, 6.45) is 5.48. The maximum absolute atomic E-state index is 5.61. The van der Waals surface area contributed by atoms with E-state index in [1.807, 2.05) is 0 Å². The highest BCUT2D eigenvalue weighted by atomic mass is 35.5. The van der Waals surface area contributed by atoms with Gasteiger partial charge in [-0.05, 0) is 54.2 Å². The molecule has 0 radical (unpaired) electrons. The third kappa shape index (κ3) is 3.99. The SMILES string of the molecule is Cl.NCc1ccc(Nc2ccc(C3CCCC3)cc2)cc1. The van der Waals surface area contributed by atoms with E-state index in [0.717, 1.165) is 22.9 Å². The molecule has 3 N–H and O–H groups in total. The first kappa shape index (κ1) is 15.9. The molecule has 2 nitrogen and oxygen atoms in total. The first-order valence-corrected chi connectivity index (χ1v) is 7.51. The number of anilines is 2. The van der Waals surface area contributed by atoms with Crippen molar-refractivity contribution in [1.82, 2.24) is 0 Å². The standard InChI is InChI=1S/C18H22N2.ClH/c19-13-14-5-9-17(10-6-14)20-18-11-7-16(8-12-18)15-3-1-2-4-15;/h5-12,15,20H,1-4,13,19H2;1H. The molecule has 0 bridgehead atoms. The predicted octanol–water partition coefficient (Wildman–Crippen LogP) is 4.97. The first-order valence-electron chi connectivity index (χ1n) is 7.51. The Morgan fingerprint density at radius 1 is 0.857 bits per heavy atom. The van der Waals surface area contributed by atoms with Gasteiger partial charge in [-0.15, -0.1) is 12.4 Å². The molecule has 21 heavy (non-hydrogen) atoms. The Morgan fingerprint density at radius 2 is 1.38 bits per heavy atom. The maximum atomic E-state index is 5.61. The van der Waals surface area contributed by atoms with Crippen molar-refractivity contribution >= 4 is 23.8 Å². The summed E-state index contributed by atoms with van der Waals surface area (Å²) in [7, 11) is 0. The van der Waals surface area contributed by atoms with E-state index in [2.05, 4.69) is 53.8 Å². The molecule has 0 atom stereocenters. The zero-order valence-electron chi connectivity index (χ0n) is 12.2. The quantitative estimate of drug-likeness (QED) is 0.837. The molecule has 0 heterocycles. The van der Waals surface area contributed by atoms with Gasteiger partial charge in [0.05, 0.1) is 0 Å². The summed E-state index contributed by atoms with van der Waals surface area (Å²) >= 11 is 0. The minimum atomic E-state index is 0. The summed E-state index contributed by atoms with van der Waals surface area (Å²) in [4.78, 5) is 0. The van der Waals surface area contributed by atoms with Gasteiger partial charge in [0.1, 0.15) is 0 Å². The van der Waals surface area contributed by atoms with Gasteiger partial charge in [-0.1, -0.05) is 37.1 Å². The van der Waals surface area contributed by atoms with Crippen molar-refractivity contribution in [2.75, 3.05) is 5.32 Å². The summed E-state index contributed by atoms with van der Waals surface area (Å²) in [6.45, 7) is 0.594. The molecule has 2 aromatic carbocycles. The second-order valence-electron chi connectivity index (χ2n) is 5.63. The predicted molar refractivity (Wildman–Crippen MR) is 92.5 cm³/mol. The molecule has 1 aliphatic carbocycles. The Balaban J connectivity index is 0.00000161. The fraction of sp³-hybridized carbons (Fsp3) is 0.333. The van der Waals surface area contributed by atoms with E-state index in [1.54, 1.807) is 0 Å². The van der Waals surface area contributed by atoms with Crippen LogP contribution in [0.2, 0.25) is 0 Å². The van der Waals surface area contributed by atoms with Crippen molar-refractivity contribution in [3.8, 4) is 0 Å². The molecule has 1 fully saturated rings. The number of benzene rings is 2.